The first kappa shape index (κ1) is 12.4. The van der Waals surface area contributed by atoms with Crippen LogP contribution in [0.15, 0.2) is 6.07 Å². The van der Waals surface area contributed by atoms with Crippen LogP contribution in [-0.4, -0.2) is 34.3 Å². The average molecular weight is 251 g/mol. The minimum atomic E-state index is -0.451. The SMILES string of the molecule is Cc1cc(NC(=O)NC2CCCNC2=O)n(C)n1. The molecule has 1 aliphatic heterocycles. The van der Waals surface area contributed by atoms with Crippen LogP contribution in [0.5, 0.6) is 0 Å². The van der Waals surface area contributed by atoms with Crippen LogP contribution in [0.2, 0.25) is 0 Å². The molecule has 2 heterocycles. The Kier molecular flexibility index (Phi) is 3.50. The Bertz CT molecular complexity index is 468. The van der Waals surface area contributed by atoms with Gasteiger partial charge in [-0.1, -0.05) is 0 Å². The Hall–Kier alpha value is -2.05. The largest absolute Gasteiger partial charge is 0.354 e. The molecule has 1 atom stereocenters. The van der Waals surface area contributed by atoms with Crippen molar-refractivity contribution in [2.75, 3.05) is 11.9 Å². The molecule has 0 aliphatic carbocycles. The Morgan fingerprint density at radius 1 is 1.61 bits per heavy atom. The van der Waals surface area contributed by atoms with Gasteiger partial charge >= 0.3 is 6.03 Å². The van der Waals surface area contributed by atoms with Gasteiger partial charge in [-0.2, -0.15) is 5.10 Å². The molecule has 1 fully saturated rings. The summed E-state index contributed by atoms with van der Waals surface area (Å²) in [5.41, 5.74) is 0.822. The average Bonchev–Trinajstić information content (AvgIpc) is 2.61. The molecule has 7 nitrogen and oxygen atoms in total. The molecule has 0 spiro atoms. The monoisotopic (exact) mass is 251 g/mol. The van der Waals surface area contributed by atoms with Crippen molar-refractivity contribution >= 4 is 17.8 Å². The molecule has 7 heteroatoms. The lowest BCUT2D eigenvalue weighted by molar-refractivity contribution is -0.124. The number of hydrogen-bond acceptors (Lipinski definition) is 3. The fraction of sp³-hybridized carbons (Fsp3) is 0.545. The van der Waals surface area contributed by atoms with Crippen LogP contribution in [0.3, 0.4) is 0 Å². The van der Waals surface area contributed by atoms with Crippen molar-refractivity contribution in [1.82, 2.24) is 20.4 Å². The standard InChI is InChI=1S/C11H17N5O2/c1-7-6-9(16(2)15-7)14-11(18)13-8-4-3-5-12-10(8)17/h6,8H,3-5H2,1-2H3,(H,12,17)(H2,13,14,18). The summed E-state index contributed by atoms with van der Waals surface area (Å²) >= 11 is 0. The number of nitrogens with one attached hydrogen (secondary N) is 3. The number of amides is 3. The third-order valence-corrected chi connectivity index (χ3v) is 2.83. The van der Waals surface area contributed by atoms with E-state index < -0.39 is 6.04 Å². The van der Waals surface area contributed by atoms with E-state index in [1.165, 1.54) is 0 Å². The van der Waals surface area contributed by atoms with Crippen molar-refractivity contribution in [2.45, 2.75) is 25.8 Å². The van der Waals surface area contributed by atoms with E-state index in [2.05, 4.69) is 21.0 Å². The number of carbonyl (C=O) groups is 2. The number of nitrogens with zero attached hydrogens (tertiary/aromatic N) is 2. The summed E-state index contributed by atoms with van der Waals surface area (Å²) in [4.78, 5) is 23.2. The summed E-state index contributed by atoms with van der Waals surface area (Å²) in [7, 11) is 1.75. The van der Waals surface area contributed by atoms with Crippen molar-refractivity contribution in [3.8, 4) is 0 Å². The molecule has 3 N–H and O–H groups in total. The normalized spacial score (nSPS) is 19.2. The summed E-state index contributed by atoms with van der Waals surface area (Å²) in [6, 6.07) is 0.925. The molecule has 98 valence electrons. The van der Waals surface area contributed by atoms with E-state index in [0.29, 0.717) is 18.8 Å². The zero-order chi connectivity index (χ0) is 13.1. The lowest BCUT2D eigenvalue weighted by atomic mass is 10.1. The van der Waals surface area contributed by atoms with Crippen LogP contribution in [-0.2, 0) is 11.8 Å². The van der Waals surface area contributed by atoms with E-state index >= 15 is 0 Å². The minimum Gasteiger partial charge on any atom is -0.354 e. The molecule has 1 aromatic heterocycles. The van der Waals surface area contributed by atoms with E-state index in [-0.39, 0.29) is 11.9 Å². The predicted octanol–water partition coefficient (Wildman–Crippen LogP) is 0.129. The highest BCUT2D eigenvalue weighted by atomic mass is 16.2. The summed E-state index contributed by atoms with van der Waals surface area (Å²) in [5, 5.41) is 12.2. The molecule has 0 bridgehead atoms. The van der Waals surface area contributed by atoms with Crippen molar-refractivity contribution in [1.29, 1.82) is 0 Å². The second kappa shape index (κ2) is 5.07. The van der Waals surface area contributed by atoms with E-state index in [0.717, 1.165) is 12.1 Å². The molecule has 18 heavy (non-hydrogen) atoms. The fourth-order valence-electron chi connectivity index (χ4n) is 1.95. The Morgan fingerprint density at radius 3 is 3.00 bits per heavy atom. The third-order valence-electron chi connectivity index (χ3n) is 2.83. The zero-order valence-corrected chi connectivity index (χ0v) is 10.5. The van der Waals surface area contributed by atoms with Crippen molar-refractivity contribution < 1.29 is 9.59 Å². The van der Waals surface area contributed by atoms with Crippen LogP contribution < -0.4 is 16.0 Å². The van der Waals surface area contributed by atoms with Gasteiger partial charge in [-0.25, -0.2) is 4.79 Å². The zero-order valence-electron chi connectivity index (χ0n) is 10.5. The molecule has 0 aromatic carbocycles. The van der Waals surface area contributed by atoms with Crippen LogP contribution >= 0.6 is 0 Å². The van der Waals surface area contributed by atoms with E-state index in [4.69, 9.17) is 0 Å². The second-order valence-corrected chi connectivity index (χ2v) is 4.38. The molecule has 1 aliphatic rings. The predicted molar refractivity (Wildman–Crippen MR) is 66.1 cm³/mol. The Morgan fingerprint density at radius 2 is 2.39 bits per heavy atom. The molecule has 1 unspecified atom stereocenters. The maximum absolute atomic E-state index is 11.7. The van der Waals surface area contributed by atoms with Crippen molar-refractivity contribution in [3.05, 3.63) is 11.8 Å². The molecule has 1 aromatic rings. The van der Waals surface area contributed by atoms with Gasteiger partial charge in [-0.3, -0.25) is 14.8 Å². The minimum absolute atomic E-state index is 0.127. The Labute approximate surface area is 105 Å². The van der Waals surface area contributed by atoms with Gasteiger partial charge < -0.3 is 10.6 Å². The van der Waals surface area contributed by atoms with Crippen LogP contribution in [0.1, 0.15) is 18.5 Å². The molecule has 0 saturated carbocycles. The van der Waals surface area contributed by atoms with Gasteiger partial charge in [-0.05, 0) is 19.8 Å². The second-order valence-electron chi connectivity index (χ2n) is 4.38. The van der Waals surface area contributed by atoms with Gasteiger partial charge in [0.15, 0.2) is 0 Å². The molecular formula is C11H17N5O2. The van der Waals surface area contributed by atoms with Crippen LogP contribution in [0.4, 0.5) is 10.6 Å². The van der Waals surface area contributed by atoms with Gasteiger partial charge in [0.25, 0.3) is 0 Å². The van der Waals surface area contributed by atoms with Crippen molar-refractivity contribution in [3.63, 3.8) is 0 Å². The van der Waals surface area contributed by atoms with Crippen molar-refractivity contribution in [2.24, 2.45) is 7.05 Å². The molecule has 3 amide bonds. The topological polar surface area (TPSA) is 88.0 Å². The first-order valence-corrected chi connectivity index (χ1v) is 5.92. The number of aryl methyl sites for hydroxylation is 2. The lowest BCUT2D eigenvalue weighted by Gasteiger charge is -2.22. The first-order chi connectivity index (χ1) is 8.56. The number of aromatic nitrogens is 2. The maximum atomic E-state index is 11.7. The van der Waals surface area contributed by atoms with Gasteiger partial charge in [0.2, 0.25) is 5.91 Å². The fourth-order valence-corrected chi connectivity index (χ4v) is 1.95. The molecule has 1 saturated heterocycles. The molecule has 2 rings (SSSR count). The summed E-state index contributed by atoms with van der Waals surface area (Å²) in [5.74, 6) is 0.471. The number of urea groups is 1. The smallest absolute Gasteiger partial charge is 0.321 e. The number of piperidine rings is 1. The number of anilines is 1. The molecular weight excluding hydrogens is 234 g/mol. The summed E-state index contributed by atoms with van der Waals surface area (Å²) < 4.78 is 1.58. The lowest BCUT2D eigenvalue weighted by Crippen LogP contribution is -2.51. The Balaban J connectivity index is 1.92. The maximum Gasteiger partial charge on any atom is 0.321 e. The highest BCUT2D eigenvalue weighted by Gasteiger charge is 2.23. The number of carbonyl (C=O) groups excluding carboxylic acids is 2. The summed E-state index contributed by atoms with van der Waals surface area (Å²) in [6.45, 7) is 2.53. The summed E-state index contributed by atoms with van der Waals surface area (Å²) in [6.07, 6.45) is 1.55. The highest BCUT2D eigenvalue weighted by molar-refractivity contribution is 5.93. The van der Waals surface area contributed by atoms with Gasteiger partial charge in [0, 0.05) is 19.7 Å². The van der Waals surface area contributed by atoms with Gasteiger partial charge in [0.1, 0.15) is 11.9 Å². The van der Waals surface area contributed by atoms with Crippen LogP contribution in [0.25, 0.3) is 0 Å². The van der Waals surface area contributed by atoms with Crippen LogP contribution in [0, 0.1) is 6.92 Å². The first-order valence-electron chi connectivity index (χ1n) is 5.92. The van der Waals surface area contributed by atoms with E-state index in [1.54, 1.807) is 17.8 Å². The third kappa shape index (κ3) is 2.79. The number of rotatable bonds is 2. The number of hydrogen-bond donors (Lipinski definition) is 3. The highest BCUT2D eigenvalue weighted by Crippen LogP contribution is 2.08. The van der Waals surface area contributed by atoms with Gasteiger partial charge in [-0.15, -0.1) is 0 Å². The molecule has 0 radical (unpaired) electrons. The van der Waals surface area contributed by atoms with Gasteiger partial charge in [0.05, 0.1) is 5.69 Å². The van der Waals surface area contributed by atoms with E-state index in [1.807, 2.05) is 6.92 Å². The van der Waals surface area contributed by atoms with E-state index in [9.17, 15) is 9.59 Å². The quantitative estimate of drug-likeness (QED) is 0.698.